The van der Waals surface area contributed by atoms with Crippen molar-refractivity contribution in [3.8, 4) is 0 Å². The topological polar surface area (TPSA) is 56.8 Å². The van der Waals surface area contributed by atoms with E-state index in [1.54, 1.807) is 0 Å². The molecule has 0 saturated heterocycles. The van der Waals surface area contributed by atoms with Gasteiger partial charge in [-0.1, -0.05) is 20.8 Å². The maximum atomic E-state index is 12.2. The lowest BCUT2D eigenvalue weighted by Crippen LogP contribution is -2.58. The Hall–Kier alpha value is -0.650. The van der Waals surface area contributed by atoms with Gasteiger partial charge in [0.15, 0.2) is 0 Å². The minimum atomic E-state index is -0.678. The number of hydrogen-bond acceptors (Lipinski definition) is 5. The van der Waals surface area contributed by atoms with Crippen LogP contribution in [-0.2, 0) is 19.0 Å². The Morgan fingerprint density at radius 2 is 1.95 bits per heavy atom. The van der Waals surface area contributed by atoms with Gasteiger partial charge in [0, 0.05) is 6.61 Å². The third kappa shape index (κ3) is 5.93. The molecule has 1 atom stereocenters. The van der Waals surface area contributed by atoms with Gasteiger partial charge in [-0.25, -0.2) is 4.79 Å². The first-order valence-electron chi connectivity index (χ1n) is 8.05. The Morgan fingerprint density at radius 1 is 1.29 bits per heavy atom. The standard InChI is InChI=1S/C16H31NO4/c1-5-8-17-16(14-6-7-14,15(18)19-4)12-21-10-9-20-11-13(2)3/h13-14,17H,5-12H2,1-4H3. The monoisotopic (exact) mass is 301 g/mol. The SMILES string of the molecule is CCCNC(COCCOCC(C)C)(C(=O)OC)C1CC1. The molecule has 0 aromatic carbocycles. The lowest BCUT2D eigenvalue weighted by atomic mass is 9.94. The fourth-order valence-corrected chi connectivity index (χ4v) is 2.39. The van der Waals surface area contributed by atoms with Gasteiger partial charge in [-0.2, -0.15) is 0 Å². The van der Waals surface area contributed by atoms with Gasteiger partial charge in [0.2, 0.25) is 0 Å². The molecule has 1 aliphatic carbocycles. The summed E-state index contributed by atoms with van der Waals surface area (Å²) in [4.78, 5) is 12.2. The molecule has 0 amide bonds. The summed E-state index contributed by atoms with van der Waals surface area (Å²) in [6, 6.07) is 0. The lowest BCUT2D eigenvalue weighted by Gasteiger charge is -2.32. The zero-order valence-electron chi connectivity index (χ0n) is 13.9. The first-order chi connectivity index (χ1) is 10.1. The molecule has 1 unspecified atom stereocenters. The highest BCUT2D eigenvalue weighted by atomic mass is 16.5. The average molecular weight is 301 g/mol. The van der Waals surface area contributed by atoms with Crippen LogP contribution in [0, 0.1) is 11.8 Å². The molecular formula is C16H31NO4. The molecule has 0 radical (unpaired) electrons. The molecule has 0 aliphatic heterocycles. The Balaban J connectivity index is 2.43. The van der Waals surface area contributed by atoms with E-state index >= 15 is 0 Å². The van der Waals surface area contributed by atoms with Gasteiger partial charge in [-0.15, -0.1) is 0 Å². The summed E-state index contributed by atoms with van der Waals surface area (Å²) in [7, 11) is 1.44. The van der Waals surface area contributed by atoms with Crippen molar-refractivity contribution in [1.82, 2.24) is 5.32 Å². The molecule has 1 N–H and O–H groups in total. The van der Waals surface area contributed by atoms with Crippen LogP contribution in [0.4, 0.5) is 0 Å². The maximum absolute atomic E-state index is 12.2. The van der Waals surface area contributed by atoms with Crippen molar-refractivity contribution >= 4 is 5.97 Å². The van der Waals surface area contributed by atoms with Crippen molar-refractivity contribution < 1.29 is 19.0 Å². The van der Waals surface area contributed by atoms with Crippen LogP contribution in [0.2, 0.25) is 0 Å². The van der Waals surface area contributed by atoms with Crippen molar-refractivity contribution in [2.24, 2.45) is 11.8 Å². The zero-order chi connectivity index (χ0) is 15.7. The molecule has 124 valence electrons. The van der Waals surface area contributed by atoms with E-state index in [9.17, 15) is 4.79 Å². The Morgan fingerprint density at radius 3 is 2.48 bits per heavy atom. The van der Waals surface area contributed by atoms with Gasteiger partial charge in [-0.05, 0) is 37.6 Å². The van der Waals surface area contributed by atoms with Crippen LogP contribution in [0.1, 0.15) is 40.0 Å². The summed E-state index contributed by atoms with van der Waals surface area (Å²) >= 11 is 0. The van der Waals surface area contributed by atoms with E-state index in [1.807, 2.05) is 0 Å². The Labute approximate surface area is 128 Å². The molecule has 1 rings (SSSR count). The van der Waals surface area contributed by atoms with E-state index in [1.165, 1.54) is 7.11 Å². The molecule has 0 aromatic rings. The Bertz CT molecular complexity index is 305. The van der Waals surface area contributed by atoms with Gasteiger partial charge in [0.1, 0.15) is 5.54 Å². The third-order valence-corrected chi connectivity index (χ3v) is 3.67. The smallest absolute Gasteiger partial charge is 0.328 e. The summed E-state index contributed by atoms with van der Waals surface area (Å²) in [6.07, 6.45) is 3.08. The molecule has 0 aromatic heterocycles. The first kappa shape index (κ1) is 18.4. The van der Waals surface area contributed by atoms with Gasteiger partial charge in [-0.3, -0.25) is 5.32 Å². The number of nitrogens with one attached hydrogen (secondary N) is 1. The normalized spacial score (nSPS) is 17.8. The molecule has 5 heteroatoms. The zero-order valence-corrected chi connectivity index (χ0v) is 13.9. The van der Waals surface area contributed by atoms with Crippen LogP contribution in [-0.4, -0.2) is 51.6 Å². The maximum Gasteiger partial charge on any atom is 0.328 e. The first-order valence-corrected chi connectivity index (χ1v) is 8.05. The van der Waals surface area contributed by atoms with Crippen molar-refractivity contribution in [1.29, 1.82) is 0 Å². The summed E-state index contributed by atoms with van der Waals surface area (Å²) in [5, 5.41) is 3.36. The molecule has 1 aliphatic rings. The number of rotatable bonds is 12. The highest BCUT2D eigenvalue weighted by molar-refractivity contribution is 5.82. The number of hydrogen-bond donors (Lipinski definition) is 1. The molecule has 1 fully saturated rings. The second kappa shape index (κ2) is 9.38. The van der Waals surface area contributed by atoms with Crippen molar-refractivity contribution in [2.75, 3.05) is 40.1 Å². The number of methoxy groups -OCH3 is 1. The molecule has 0 bridgehead atoms. The van der Waals surface area contributed by atoms with E-state index in [-0.39, 0.29) is 5.97 Å². The molecule has 5 nitrogen and oxygen atoms in total. The summed E-state index contributed by atoms with van der Waals surface area (Å²) < 4.78 is 16.2. The van der Waals surface area contributed by atoms with E-state index in [0.717, 1.165) is 32.4 Å². The van der Waals surface area contributed by atoms with Crippen molar-refractivity contribution in [2.45, 2.75) is 45.6 Å². The second-order valence-electron chi connectivity index (χ2n) is 6.19. The highest BCUT2D eigenvalue weighted by Gasteiger charge is 2.51. The van der Waals surface area contributed by atoms with Gasteiger partial charge >= 0.3 is 5.97 Å². The van der Waals surface area contributed by atoms with E-state index in [4.69, 9.17) is 14.2 Å². The van der Waals surface area contributed by atoms with Gasteiger partial charge < -0.3 is 14.2 Å². The quantitative estimate of drug-likeness (QED) is 0.441. The number of esters is 1. The summed E-state index contributed by atoms with van der Waals surface area (Å²) in [5.74, 6) is 0.645. The van der Waals surface area contributed by atoms with E-state index in [2.05, 4.69) is 26.1 Å². The Kier molecular flexibility index (Phi) is 8.22. The molecule has 1 saturated carbocycles. The average Bonchev–Trinajstić information content (AvgIpc) is 3.30. The number of ether oxygens (including phenoxy) is 3. The van der Waals surface area contributed by atoms with Crippen LogP contribution in [0.5, 0.6) is 0 Å². The van der Waals surface area contributed by atoms with Crippen LogP contribution in [0.15, 0.2) is 0 Å². The number of carbonyl (C=O) groups is 1. The molecule has 0 heterocycles. The van der Waals surface area contributed by atoms with Gasteiger partial charge in [0.25, 0.3) is 0 Å². The van der Waals surface area contributed by atoms with E-state index in [0.29, 0.717) is 31.7 Å². The largest absolute Gasteiger partial charge is 0.468 e. The van der Waals surface area contributed by atoms with Crippen LogP contribution in [0.3, 0.4) is 0 Å². The minimum absolute atomic E-state index is 0.207. The molecule has 21 heavy (non-hydrogen) atoms. The van der Waals surface area contributed by atoms with E-state index < -0.39 is 5.54 Å². The van der Waals surface area contributed by atoms with Crippen molar-refractivity contribution in [3.05, 3.63) is 0 Å². The minimum Gasteiger partial charge on any atom is -0.468 e. The summed E-state index contributed by atoms with van der Waals surface area (Å²) in [5.41, 5.74) is -0.678. The van der Waals surface area contributed by atoms with Crippen LogP contribution < -0.4 is 5.32 Å². The number of carbonyl (C=O) groups excluding carboxylic acids is 1. The second-order valence-corrected chi connectivity index (χ2v) is 6.19. The predicted octanol–water partition coefficient (Wildman–Crippen LogP) is 2.00. The van der Waals surface area contributed by atoms with Crippen LogP contribution >= 0.6 is 0 Å². The molecule has 0 spiro atoms. The fourth-order valence-electron chi connectivity index (χ4n) is 2.39. The fraction of sp³-hybridized carbons (Fsp3) is 0.938. The highest BCUT2D eigenvalue weighted by Crippen LogP contribution is 2.40. The summed E-state index contributed by atoms with van der Waals surface area (Å²) in [6.45, 7) is 9.27. The predicted molar refractivity (Wildman–Crippen MR) is 82.2 cm³/mol. The van der Waals surface area contributed by atoms with Gasteiger partial charge in [0.05, 0.1) is 26.9 Å². The third-order valence-electron chi connectivity index (χ3n) is 3.67. The lowest BCUT2D eigenvalue weighted by molar-refractivity contribution is -0.153. The molecular weight excluding hydrogens is 270 g/mol. The van der Waals surface area contributed by atoms with Crippen LogP contribution in [0.25, 0.3) is 0 Å². The van der Waals surface area contributed by atoms with Crippen molar-refractivity contribution in [3.63, 3.8) is 0 Å².